The largest absolute Gasteiger partial charge is 0.463 e. The lowest BCUT2D eigenvalue weighted by Crippen LogP contribution is -2.53. The Morgan fingerprint density at radius 2 is 1.65 bits per heavy atom. The minimum atomic E-state index is -3.59. The average Bonchev–Trinajstić information content (AvgIpc) is 2.89. The van der Waals surface area contributed by atoms with Crippen LogP contribution in [0.15, 0.2) is 70.8 Å². The van der Waals surface area contributed by atoms with Crippen LogP contribution in [0.4, 0.5) is 4.79 Å². The van der Waals surface area contributed by atoms with Gasteiger partial charge in [0.25, 0.3) is 0 Å². The molecule has 10 heteroatoms. The summed E-state index contributed by atoms with van der Waals surface area (Å²) < 4.78 is 33.2. The first-order chi connectivity index (χ1) is 17.8. The molecular weight excluding hydrogens is 492 g/mol. The van der Waals surface area contributed by atoms with E-state index >= 15 is 0 Å². The maximum Gasteiger partial charge on any atom is 0.338 e. The molecule has 0 saturated carbocycles. The number of likely N-dealkylation sites (N-methyl/N-ethyl adjacent to an activating group) is 1. The second kappa shape index (κ2) is 11.5. The highest BCUT2D eigenvalue weighted by Gasteiger charge is 2.39. The van der Waals surface area contributed by atoms with E-state index in [1.165, 1.54) is 4.31 Å². The van der Waals surface area contributed by atoms with E-state index in [1.807, 2.05) is 44.2 Å². The van der Waals surface area contributed by atoms with Gasteiger partial charge in [0.2, 0.25) is 10.0 Å². The molecule has 9 nitrogen and oxygen atoms in total. The molecular formula is C27H34N4O5S. The van der Waals surface area contributed by atoms with Crippen molar-refractivity contribution < 1.29 is 22.7 Å². The van der Waals surface area contributed by atoms with Crippen LogP contribution in [0, 0.1) is 6.92 Å². The maximum absolute atomic E-state index is 13.2. The van der Waals surface area contributed by atoms with Crippen LogP contribution in [-0.2, 0) is 19.6 Å². The third-order valence-corrected chi connectivity index (χ3v) is 8.66. The molecule has 2 aliphatic heterocycles. The number of aryl methyl sites for hydroxylation is 1. The number of urea groups is 1. The van der Waals surface area contributed by atoms with Crippen molar-refractivity contribution in [1.29, 1.82) is 0 Å². The summed E-state index contributed by atoms with van der Waals surface area (Å²) in [6, 6.07) is 15.3. The number of nitrogens with one attached hydrogen (secondary N) is 1. The molecule has 0 aliphatic carbocycles. The van der Waals surface area contributed by atoms with Gasteiger partial charge in [-0.3, -0.25) is 9.80 Å². The lowest BCUT2D eigenvalue weighted by atomic mass is 9.94. The smallest absolute Gasteiger partial charge is 0.338 e. The Morgan fingerprint density at radius 3 is 2.24 bits per heavy atom. The van der Waals surface area contributed by atoms with E-state index in [9.17, 15) is 18.0 Å². The fourth-order valence-electron chi connectivity index (χ4n) is 4.75. The molecule has 4 rings (SSSR count). The van der Waals surface area contributed by atoms with Crippen LogP contribution in [0.2, 0.25) is 0 Å². The van der Waals surface area contributed by atoms with Gasteiger partial charge in [-0.25, -0.2) is 18.0 Å². The van der Waals surface area contributed by atoms with E-state index in [4.69, 9.17) is 4.74 Å². The van der Waals surface area contributed by atoms with Gasteiger partial charge in [0, 0.05) is 45.0 Å². The van der Waals surface area contributed by atoms with Gasteiger partial charge >= 0.3 is 12.0 Å². The monoisotopic (exact) mass is 526 g/mol. The summed E-state index contributed by atoms with van der Waals surface area (Å²) in [6.07, 6.45) is 0. The zero-order chi connectivity index (χ0) is 26.6. The van der Waals surface area contributed by atoms with E-state index in [2.05, 4.69) is 10.2 Å². The molecule has 0 unspecified atom stereocenters. The van der Waals surface area contributed by atoms with Gasteiger partial charge in [0.15, 0.2) is 0 Å². The van der Waals surface area contributed by atoms with Gasteiger partial charge in [-0.15, -0.1) is 0 Å². The van der Waals surface area contributed by atoms with Crippen molar-refractivity contribution in [2.75, 3.05) is 45.9 Å². The van der Waals surface area contributed by atoms with E-state index < -0.39 is 22.0 Å². The molecule has 198 valence electrons. The van der Waals surface area contributed by atoms with Crippen LogP contribution < -0.4 is 5.32 Å². The topological polar surface area (TPSA) is 99.3 Å². The Balaban J connectivity index is 1.60. The molecule has 1 N–H and O–H groups in total. The van der Waals surface area contributed by atoms with Crippen molar-refractivity contribution in [3.05, 3.63) is 77.0 Å². The highest BCUT2D eigenvalue weighted by molar-refractivity contribution is 7.89. The van der Waals surface area contributed by atoms with Crippen molar-refractivity contribution in [2.24, 2.45) is 0 Å². The van der Waals surface area contributed by atoms with Gasteiger partial charge in [0.1, 0.15) is 0 Å². The fourth-order valence-corrected chi connectivity index (χ4v) is 6.17. The minimum Gasteiger partial charge on any atom is -0.463 e. The summed E-state index contributed by atoms with van der Waals surface area (Å²) in [7, 11) is -3.59. The lowest BCUT2D eigenvalue weighted by Gasteiger charge is -2.40. The number of ether oxygens (including phenoxy) is 1. The number of amides is 2. The number of benzene rings is 2. The highest BCUT2D eigenvalue weighted by atomic mass is 32.2. The number of hydrogen-bond donors (Lipinski definition) is 1. The number of rotatable bonds is 8. The fraction of sp³-hybridized carbons (Fsp3) is 0.407. The quantitative estimate of drug-likeness (QED) is 0.531. The molecule has 2 heterocycles. The Morgan fingerprint density at radius 1 is 1.00 bits per heavy atom. The standard InChI is InChI=1S/C27H34N4O5S/c1-4-31-23(24(26(32)36-5-2)25(28-27(31)33)21-9-7-6-8-10-21)19-29-15-17-30(18-16-29)37(34,35)22-13-11-20(3)12-14-22/h6-14,25H,4-5,15-19H2,1-3H3,(H,28,33)/t25-/m1/s1. The van der Waals surface area contributed by atoms with Gasteiger partial charge < -0.3 is 10.1 Å². The van der Waals surface area contributed by atoms with Crippen molar-refractivity contribution in [3.8, 4) is 0 Å². The Bertz CT molecular complexity index is 1250. The number of hydrogen-bond acceptors (Lipinski definition) is 6. The summed E-state index contributed by atoms with van der Waals surface area (Å²) >= 11 is 0. The van der Waals surface area contributed by atoms with E-state index in [0.29, 0.717) is 50.5 Å². The van der Waals surface area contributed by atoms with E-state index in [-0.39, 0.29) is 17.5 Å². The first-order valence-corrected chi connectivity index (χ1v) is 14.0. The molecule has 2 aromatic carbocycles. The number of carbonyl (C=O) groups is 2. The number of carbonyl (C=O) groups excluding carboxylic acids is 2. The van der Waals surface area contributed by atoms with Crippen molar-refractivity contribution >= 4 is 22.0 Å². The van der Waals surface area contributed by atoms with Crippen LogP contribution in [-0.4, -0.2) is 80.4 Å². The zero-order valence-electron chi connectivity index (χ0n) is 21.5. The normalized spacial score (nSPS) is 19.6. The lowest BCUT2D eigenvalue weighted by molar-refractivity contribution is -0.139. The van der Waals surface area contributed by atoms with Gasteiger partial charge in [-0.1, -0.05) is 48.0 Å². The minimum absolute atomic E-state index is 0.215. The Hall–Kier alpha value is -3.21. The van der Waals surface area contributed by atoms with Crippen molar-refractivity contribution in [2.45, 2.75) is 31.7 Å². The predicted octanol–water partition coefficient (Wildman–Crippen LogP) is 2.90. The van der Waals surface area contributed by atoms with Crippen molar-refractivity contribution in [3.63, 3.8) is 0 Å². The maximum atomic E-state index is 13.2. The molecule has 2 aromatic rings. The van der Waals surface area contributed by atoms with E-state index in [0.717, 1.165) is 11.1 Å². The second-order valence-corrected chi connectivity index (χ2v) is 11.0. The summed E-state index contributed by atoms with van der Waals surface area (Å²) in [5.74, 6) is -0.467. The zero-order valence-corrected chi connectivity index (χ0v) is 22.3. The molecule has 1 saturated heterocycles. The molecule has 0 aromatic heterocycles. The molecule has 1 atom stereocenters. The predicted molar refractivity (Wildman–Crippen MR) is 140 cm³/mol. The van der Waals surface area contributed by atoms with E-state index in [1.54, 1.807) is 36.1 Å². The first kappa shape index (κ1) is 26.8. The summed E-state index contributed by atoms with van der Waals surface area (Å²) in [6.45, 7) is 8.04. The van der Waals surface area contributed by atoms with Crippen LogP contribution >= 0.6 is 0 Å². The second-order valence-electron chi connectivity index (χ2n) is 9.11. The number of esters is 1. The Kier molecular flexibility index (Phi) is 8.31. The molecule has 0 bridgehead atoms. The third kappa shape index (κ3) is 5.71. The number of nitrogens with zero attached hydrogens (tertiary/aromatic N) is 3. The SMILES string of the molecule is CCOC(=O)C1=C(CN2CCN(S(=O)(=O)c3ccc(C)cc3)CC2)N(CC)C(=O)N[C@@H]1c1ccccc1. The van der Waals surface area contributed by atoms with Crippen molar-refractivity contribution in [1.82, 2.24) is 19.4 Å². The molecule has 0 spiro atoms. The van der Waals surface area contributed by atoms with Gasteiger partial charge in [0.05, 0.1) is 23.1 Å². The highest BCUT2D eigenvalue weighted by Crippen LogP contribution is 2.32. The molecule has 37 heavy (non-hydrogen) atoms. The molecule has 1 fully saturated rings. The van der Waals surface area contributed by atoms with Crippen LogP contribution in [0.5, 0.6) is 0 Å². The number of piperazine rings is 1. The van der Waals surface area contributed by atoms with Gasteiger partial charge in [-0.2, -0.15) is 4.31 Å². The van der Waals surface area contributed by atoms with Crippen LogP contribution in [0.1, 0.15) is 31.0 Å². The third-order valence-electron chi connectivity index (χ3n) is 6.75. The Labute approximate surface area is 218 Å². The average molecular weight is 527 g/mol. The van der Waals surface area contributed by atoms with Crippen LogP contribution in [0.3, 0.4) is 0 Å². The molecule has 2 amide bonds. The first-order valence-electron chi connectivity index (χ1n) is 12.6. The summed E-state index contributed by atoms with van der Waals surface area (Å²) in [5, 5.41) is 2.96. The van der Waals surface area contributed by atoms with Crippen LogP contribution in [0.25, 0.3) is 0 Å². The summed E-state index contributed by atoms with van der Waals surface area (Å²) in [5.41, 5.74) is 2.79. The molecule has 0 radical (unpaired) electrons. The molecule has 2 aliphatic rings. The van der Waals surface area contributed by atoms with Gasteiger partial charge in [-0.05, 0) is 38.5 Å². The summed E-state index contributed by atoms with van der Waals surface area (Å²) in [4.78, 5) is 30.2. The number of sulfonamides is 1.